The molecule has 1 amide bonds. The van der Waals surface area contributed by atoms with Crippen LogP contribution in [0.5, 0.6) is 0 Å². The van der Waals surface area contributed by atoms with Crippen molar-refractivity contribution in [3.63, 3.8) is 0 Å². The highest BCUT2D eigenvalue weighted by atomic mass is 19.2. The lowest BCUT2D eigenvalue weighted by Crippen LogP contribution is -2.52. The summed E-state index contributed by atoms with van der Waals surface area (Å²) >= 11 is 0. The van der Waals surface area contributed by atoms with E-state index in [2.05, 4.69) is 5.32 Å². The van der Waals surface area contributed by atoms with Crippen LogP contribution in [0, 0.1) is 11.6 Å². The molecule has 6 heteroatoms. The number of hydrogen-bond acceptors (Lipinski definition) is 3. The molecule has 1 rings (SSSR count). The molecule has 0 saturated carbocycles. The van der Waals surface area contributed by atoms with E-state index in [9.17, 15) is 13.6 Å². The lowest BCUT2D eigenvalue weighted by Gasteiger charge is -2.26. The molecule has 0 fully saturated rings. The highest BCUT2D eigenvalue weighted by Crippen LogP contribution is 2.10. The number of aliphatic hydroxyl groups excluding tert-OH is 2. The number of aliphatic hydroxyl groups is 2. The molecule has 0 unspecified atom stereocenters. The summed E-state index contributed by atoms with van der Waals surface area (Å²) in [6.07, 6.45) is -0.160. The molecule has 0 atom stereocenters. The van der Waals surface area contributed by atoms with Crippen LogP contribution in [0.3, 0.4) is 0 Å². The molecule has 0 bridgehead atoms. The van der Waals surface area contributed by atoms with Gasteiger partial charge in [-0.25, -0.2) is 8.78 Å². The van der Waals surface area contributed by atoms with Crippen molar-refractivity contribution in [2.45, 2.75) is 18.9 Å². The van der Waals surface area contributed by atoms with Crippen LogP contribution in [-0.2, 0) is 11.2 Å². The third kappa shape index (κ3) is 3.75. The fourth-order valence-corrected chi connectivity index (χ4v) is 1.34. The zero-order chi connectivity index (χ0) is 13.8. The Bertz CT molecular complexity index is 433. The zero-order valence-corrected chi connectivity index (χ0v) is 9.91. The van der Waals surface area contributed by atoms with Gasteiger partial charge in [0.05, 0.1) is 25.2 Å². The zero-order valence-electron chi connectivity index (χ0n) is 9.91. The molecule has 0 aliphatic heterocycles. The number of carbonyl (C=O) groups excluding carboxylic acids is 1. The summed E-state index contributed by atoms with van der Waals surface area (Å²) in [6, 6.07) is 3.17. The van der Waals surface area contributed by atoms with Gasteiger partial charge < -0.3 is 15.5 Å². The minimum absolute atomic E-state index is 0.160. The Labute approximate surface area is 103 Å². The second-order valence-corrected chi connectivity index (χ2v) is 4.35. The molecule has 0 aromatic heterocycles. The van der Waals surface area contributed by atoms with E-state index in [1.807, 2.05) is 0 Å². The Morgan fingerprint density at radius 2 is 1.89 bits per heavy atom. The van der Waals surface area contributed by atoms with Crippen molar-refractivity contribution in [2.24, 2.45) is 0 Å². The monoisotopic (exact) mass is 259 g/mol. The summed E-state index contributed by atoms with van der Waals surface area (Å²) in [4.78, 5) is 11.6. The molecule has 18 heavy (non-hydrogen) atoms. The van der Waals surface area contributed by atoms with Crippen molar-refractivity contribution in [1.82, 2.24) is 5.32 Å². The maximum absolute atomic E-state index is 12.9. The van der Waals surface area contributed by atoms with Crippen LogP contribution >= 0.6 is 0 Å². The number of carbonyl (C=O) groups is 1. The van der Waals surface area contributed by atoms with Gasteiger partial charge in [-0.05, 0) is 24.6 Å². The van der Waals surface area contributed by atoms with E-state index in [-0.39, 0.29) is 6.42 Å². The predicted octanol–water partition coefficient (Wildman–Crippen LogP) is 0.367. The van der Waals surface area contributed by atoms with Gasteiger partial charge in [-0.3, -0.25) is 4.79 Å². The van der Waals surface area contributed by atoms with E-state index in [1.165, 1.54) is 13.0 Å². The molecule has 1 aromatic rings. The first kappa shape index (κ1) is 14.5. The van der Waals surface area contributed by atoms with Gasteiger partial charge in [0.2, 0.25) is 5.91 Å². The van der Waals surface area contributed by atoms with Gasteiger partial charge in [0.25, 0.3) is 0 Å². The summed E-state index contributed by atoms with van der Waals surface area (Å²) < 4.78 is 25.6. The van der Waals surface area contributed by atoms with Gasteiger partial charge in [0.1, 0.15) is 0 Å². The standard InChI is InChI=1S/C12H15F2NO3/c1-12(6-16,7-17)15-11(18)5-8-2-3-9(13)10(14)4-8/h2-4,16-17H,5-7H2,1H3,(H,15,18). The quantitative estimate of drug-likeness (QED) is 0.715. The summed E-state index contributed by atoms with van der Waals surface area (Å²) in [6.45, 7) is 0.621. The number of halogens is 2. The average Bonchev–Trinajstić information content (AvgIpc) is 2.33. The molecule has 100 valence electrons. The van der Waals surface area contributed by atoms with Gasteiger partial charge in [0.15, 0.2) is 11.6 Å². The van der Waals surface area contributed by atoms with Gasteiger partial charge >= 0.3 is 0 Å². The molecule has 0 aliphatic carbocycles. The molecule has 4 nitrogen and oxygen atoms in total. The first-order valence-electron chi connectivity index (χ1n) is 5.37. The Balaban J connectivity index is 2.67. The van der Waals surface area contributed by atoms with Crippen molar-refractivity contribution in [3.8, 4) is 0 Å². The maximum Gasteiger partial charge on any atom is 0.225 e. The van der Waals surface area contributed by atoms with Crippen LogP contribution in [0.4, 0.5) is 8.78 Å². The average molecular weight is 259 g/mol. The summed E-state index contributed by atoms with van der Waals surface area (Å²) in [7, 11) is 0. The van der Waals surface area contributed by atoms with Crippen LogP contribution in [0.15, 0.2) is 18.2 Å². The molecule has 1 aromatic carbocycles. The predicted molar refractivity (Wildman–Crippen MR) is 60.8 cm³/mol. The first-order chi connectivity index (χ1) is 8.40. The normalized spacial score (nSPS) is 11.4. The molecular weight excluding hydrogens is 244 g/mol. The highest BCUT2D eigenvalue weighted by molar-refractivity contribution is 5.79. The van der Waals surface area contributed by atoms with E-state index < -0.39 is 36.3 Å². The van der Waals surface area contributed by atoms with Gasteiger partial charge in [-0.1, -0.05) is 6.07 Å². The van der Waals surface area contributed by atoms with Crippen molar-refractivity contribution in [3.05, 3.63) is 35.4 Å². The van der Waals surface area contributed by atoms with E-state index in [4.69, 9.17) is 10.2 Å². The molecule has 0 aliphatic rings. The number of benzene rings is 1. The largest absolute Gasteiger partial charge is 0.394 e. The van der Waals surface area contributed by atoms with E-state index in [0.717, 1.165) is 12.1 Å². The number of hydrogen-bond donors (Lipinski definition) is 3. The van der Waals surface area contributed by atoms with Crippen LogP contribution in [0.1, 0.15) is 12.5 Å². The Morgan fingerprint density at radius 3 is 2.39 bits per heavy atom. The topological polar surface area (TPSA) is 69.6 Å². The lowest BCUT2D eigenvalue weighted by molar-refractivity contribution is -0.123. The second kappa shape index (κ2) is 5.88. The number of nitrogens with one attached hydrogen (secondary N) is 1. The Hall–Kier alpha value is -1.53. The van der Waals surface area contributed by atoms with Crippen molar-refractivity contribution in [2.75, 3.05) is 13.2 Å². The van der Waals surface area contributed by atoms with Gasteiger partial charge in [-0.2, -0.15) is 0 Å². The molecule has 0 heterocycles. The summed E-state index contributed by atoms with van der Waals surface area (Å²) in [5.41, 5.74) is -0.819. The van der Waals surface area contributed by atoms with E-state index in [1.54, 1.807) is 0 Å². The van der Waals surface area contributed by atoms with Crippen molar-refractivity contribution in [1.29, 1.82) is 0 Å². The third-order valence-corrected chi connectivity index (χ3v) is 2.49. The van der Waals surface area contributed by atoms with Gasteiger partial charge in [0, 0.05) is 0 Å². The molecule has 0 radical (unpaired) electrons. The first-order valence-corrected chi connectivity index (χ1v) is 5.37. The second-order valence-electron chi connectivity index (χ2n) is 4.35. The van der Waals surface area contributed by atoms with Crippen molar-refractivity contribution < 1.29 is 23.8 Å². The van der Waals surface area contributed by atoms with Gasteiger partial charge in [-0.15, -0.1) is 0 Å². The molecular formula is C12H15F2NO3. The van der Waals surface area contributed by atoms with Crippen molar-refractivity contribution >= 4 is 5.91 Å². The van der Waals surface area contributed by atoms with Crippen LogP contribution in [0.25, 0.3) is 0 Å². The van der Waals surface area contributed by atoms with Crippen LogP contribution in [0.2, 0.25) is 0 Å². The minimum Gasteiger partial charge on any atom is -0.394 e. The van der Waals surface area contributed by atoms with E-state index >= 15 is 0 Å². The lowest BCUT2D eigenvalue weighted by atomic mass is 10.0. The SMILES string of the molecule is CC(CO)(CO)NC(=O)Cc1ccc(F)c(F)c1. The highest BCUT2D eigenvalue weighted by Gasteiger charge is 2.24. The molecule has 0 saturated heterocycles. The van der Waals surface area contributed by atoms with Crippen LogP contribution in [-0.4, -0.2) is 34.9 Å². The Morgan fingerprint density at radius 1 is 1.28 bits per heavy atom. The minimum atomic E-state index is -1.13. The van der Waals surface area contributed by atoms with E-state index in [0.29, 0.717) is 5.56 Å². The molecule has 0 spiro atoms. The number of rotatable bonds is 5. The fraction of sp³-hybridized carbons (Fsp3) is 0.417. The summed E-state index contributed by atoms with van der Waals surface area (Å²) in [5.74, 6) is -2.49. The third-order valence-electron chi connectivity index (χ3n) is 2.49. The Kier molecular flexibility index (Phi) is 4.75. The van der Waals surface area contributed by atoms with Crippen LogP contribution < -0.4 is 5.32 Å². The maximum atomic E-state index is 12.9. The smallest absolute Gasteiger partial charge is 0.225 e. The summed E-state index contributed by atoms with van der Waals surface area (Å²) in [5, 5.41) is 20.4. The fourth-order valence-electron chi connectivity index (χ4n) is 1.34. The molecule has 3 N–H and O–H groups in total. The number of amides is 1.